The normalized spacial score (nSPS) is 11.9. The summed E-state index contributed by atoms with van der Waals surface area (Å²) in [6.45, 7) is 3.65. The Hall–Kier alpha value is -1.66. The van der Waals surface area contributed by atoms with E-state index in [9.17, 15) is 4.79 Å². The van der Waals surface area contributed by atoms with Crippen molar-refractivity contribution in [1.29, 1.82) is 0 Å². The zero-order valence-corrected chi connectivity index (χ0v) is 12.7. The summed E-state index contributed by atoms with van der Waals surface area (Å²) in [6, 6.07) is 6.91. The van der Waals surface area contributed by atoms with Crippen LogP contribution in [-0.2, 0) is 11.2 Å². The number of nitrogens with zero attached hydrogens (tertiary/aromatic N) is 2. The summed E-state index contributed by atoms with van der Waals surface area (Å²) in [5.41, 5.74) is 0. The smallest absolute Gasteiger partial charge is 0.266 e. The van der Waals surface area contributed by atoms with Gasteiger partial charge in [0.05, 0.1) is 0 Å². The molecule has 2 rings (SSSR count). The molecule has 0 saturated heterocycles. The maximum atomic E-state index is 12.0. The SMILES string of the molecule is CCc1nnc(NC(=O)[C@H](C)Oc2cccc(Cl)c2)s1. The van der Waals surface area contributed by atoms with Crippen LogP contribution in [0.2, 0.25) is 5.02 Å². The van der Waals surface area contributed by atoms with E-state index in [1.807, 2.05) is 6.92 Å². The van der Waals surface area contributed by atoms with Crippen molar-refractivity contribution in [3.8, 4) is 5.75 Å². The number of anilines is 1. The highest BCUT2D eigenvalue weighted by atomic mass is 35.5. The van der Waals surface area contributed by atoms with E-state index in [1.54, 1.807) is 31.2 Å². The maximum Gasteiger partial charge on any atom is 0.266 e. The molecule has 1 N–H and O–H groups in total. The molecule has 0 spiro atoms. The van der Waals surface area contributed by atoms with E-state index >= 15 is 0 Å². The number of amides is 1. The third-order valence-electron chi connectivity index (χ3n) is 2.48. The Morgan fingerprint density at radius 2 is 2.30 bits per heavy atom. The quantitative estimate of drug-likeness (QED) is 0.921. The average Bonchev–Trinajstić information content (AvgIpc) is 2.86. The second-order valence-electron chi connectivity index (χ2n) is 4.06. The molecule has 7 heteroatoms. The Morgan fingerprint density at radius 3 is 2.95 bits per heavy atom. The minimum atomic E-state index is -0.651. The number of ether oxygens (including phenoxy) is 1. The summed E-state index contributed by atoms with van der Waals surface area (Å²) in [5, 5.41) is 12.4. The Morgan fingerprint density at radius 1 is 1.50 bits per heavy atom. The molecule has 1 heterocycles. The van der Waals surface area contributed by atoms with Gasteiger partial charge in [0, 0.05) is 5.02 Å². The van der Waals surface area contributed by atoms with Gasteiger partial charge < -0.3 is 4.74 Å². The number of hydrogen-bond acceptors (Lipinski definition) is 5. The second-order valence-corrected chi connectivity index (χ2v) is 5.56. The molecule has 0 fully saturated rings. The zero-order valence-electron chi connectivity index (χ0n) is 11.1. The summed E-state index contributed by atoms with van der Waals surface area (Å²) >= 11 is 7.22. The van der Waals surface area contributed by atoms with E-state index in [2.05, 4.69) is 15.5 Å². The van der Waals surface area contributed by atoms with Crippen LogP contribution in [0.5, 0.6) is 5.75 Å². The van der Waals surface area contributed by atoms with Crippen LogP contribution in [-0.4, -0.2) is 22.2 Å². The number of rotatable bonds is 5. The molecule has 0 bridgehead atoms. The van der Waals surface area contributed by atoms with Crippen LogP contribution in [0.1, 0.15) is 18.9 Å². The highest BCUT2D eigenvalue weighted by molar-refractivity contribution is 7.15. The summed E-state index contributed by atoms with van der Waals surface area (Å²) < 4.78 is 5.52. The van der Waals surface area contributed by atoms with Gasteiger partial charge in [-0.3, -0.25) is 10.1 Å². The first-order valence-electron chi connectivity index (χ1n) is 6.14. The monoisotopic (exact) mass is 311 g/mol. The minimum absolute atomic E-state index is 0.274. The van der Waals surface area contributed by atoms with Crippen LogP contribution in [0.25, 0.3) is 0 Å². The van der Waals surface area contributed by atoms with Crippen molar-refractivity contribution in [3.63, 3.8) is 0 Å². The van der Waals surface area contributed by atoms with E-state index in [0.717, 1.165) is 11.4 Å². The third-order valence-corrected chi connectivity index (χ3v) is 3.70. The van der Waals surface area contributed by atoms with Gasteiger partial charge in [0.2, 0.25) is 5.13 Å². The topological polar surface area (TPSA) is 64.1 Å². The van der Waals surface area contributed by atoms with Crippen molar-refractivity contribution >= 4 is 34.0 Å². The fourth-order valence-corrected chi connectivity index (χ4v) is 2.31. The Labute approximate surface area is 125 Å². The van der Waals surface area contributed by atoms with Gasteiger partial charge in [0.15, 0.2) is 6.10 Å². The van der Waals surface area contributed by atoms with Crippen LogP contribution in [0, 0.1) is 0 Å². The molecule has 0 aliphatic rings. The van der Waals surface area contributed by atoms with E-state index in [4.69, 9.17) is 16.3 Å². The molecule has 0 saturated carbocycles. The lowest BCUT2D eigenvalue weighted by molar-refractivity contribution is -0.122. The second kappa shape index (κ2) is 6.67. The van der Waals surface area contributed by atoms with E-state index in [0.29, 0.717) is 15.9 Å². The van der Waals surface area contributed by atoms with E-state index < -0.39 is 6.10 Å². The minimum Gasteiger partial charge on any atom is -0.481 e. The van der Waals surface area contributed by atoms with Crippen LogP contribution in [0.4, 0.5) is 5.13 Å². The number of nitrogens with one attached hydrogen (secondary N) is 1. The molecular weight excluding hydrogens is 298 g/mol. The van der Waals surface area contributed by atoms with Crippen LogP contribution in [0.15, 0.2) is 24.3 Å². The Kier molecular flexibility index (Phi) is 4.92. The fourth-order valence-electron chi connectivity index (χ4n) is 1.45. The molecule has 0 aliphatic carbocycles. The van der Waals surface area contributed by atoms with E-state index in [1.165, 1.54) is 11.3 Å². The lowest BCUT2D eigenvalue weighted by Gasteiger charge is -2.13. The highest BCUT2D eigenvalue weighted by Gasteiger charge is 2.16. The van der Waals surface area contributed by atoms with Crippen LogP contribution in [0.3, 0.4) is 0 Å². The lowest BCUT2D eigenvalue weighted by atomic mass is 10.3. The molecule has 0 aliphatic heterocycles. The number of halogens is 1. The molecule has 0 unspecified atom stereocenters. The Balaban J connectivity index is 1.95. The van der Waals surface area contributed by atoms with Crippen molar-refractivity contribution in [3.05, 3.63) is 34.3 Å². The lowest BCUT2D eigenvalue weighted by Crippen LogP contribution is -2.30. The molecule has 1 aromatic heterocycles. The first-order chi connectivity index (χ1) is 9.58. The van der Waals surface area contributed by atoms with Gasteiger partial charge in [-0.2, -0.15) is 0 Å². The van der Waals surface area contributed by atoms with Gasteiger partial charge in [0.1, 0.15) is 10.8 Å². The molecule has 0 radical (unpaired) electrons. The standard InChI is InChI=1S/C13H14ClN3O2S/c1-3-11-16-17-13(20-11)15-12(18)8(2)19-10-6-4-5-9(14)7-10/h4-8H,3H2,1-2H3,(H,15,17,18)/t8-/m0/s1. The third kappa shape index (κ3) is 3.91. The highest BCUT2D eigenvalue weighted by Crippen LogP contribution is 2.19. The molecular formula is C13H14ClN3O2S. The van der Waals surface area contributed by atoms with Gasteiger partial charge in [-0.1, -0.05) is 35.9 Å². The molecule has 106 valence electrons. The number of aryl methyl sites for hydroxylation is 1. The van der Waals surface area contributed by atoms with Crippen LogP contribution >= 0.6 is 22.9 Å². The van der Waals surface area contributed by atoms with Crippen molar-refractivity contribution < 1.29 is 9.53 Å². The Bertz CT molecular complexity index is 603. The first-order valence-corrected chi connectivity index (χ1v) is 7.33. The summed E-state index contributed by atoms with van der Waals surface area (Å²) in [4.78, 5) is 12.0. The molecule has 1 atom stereocenters. The number of aromatic nitrogens is 2. The van der Waals surface area contributed by atoms with Gasteiger partial charge in [-0.25, -0.2) is 0 Å². The molecule has 5 nitrogen and oxygen atoms in total. The molecule has 1 aromatic carbocycles. The van der Waals surface area contributed by atoms with Crippen molar-refractivity contribution in [2.75, 3.05) is 5.32 Å². The largest absolute Gasteiger partial charge is 0.481 e. The summed E-state index contributed by atoms with van der Waals surface area (Å²) in [6.07, 6.45) is 0.143. The summed E-state index contributed by atoms with van der Waals surface area (Å²) in [7, 11) is 0. The van der Waals surface area contributed by atoms with E-state index in [-0.39, 0.29) is 5.91 Å². The van der Waals surface area contributed by atoms with Gasteiger partial charge in [-0.15, -0.1) is 10.2 Å². The molecule has 2 aromatic rings. The predicted molar refractivity (Wildman–Crippen MR) is 79.5 cm³/mol. The van der Waals surface area contributed by atoms with Crippen molar-refractivity contribution in [1.82, 2.24) is 10.2 Å². The summed E-state index contributed by atoms with van der Waals surface area (Å²) in [5.74, 6) is 0.274. The average molecular weight is 312 g/mol. The predicted octanol–water partition coefficient (Wildman–Crippen LogP) is 3.16. The first kappa shape index (κ1) is 14.7. The van der Waals surface area contributed by atoms with Crippen molar-refractivity contribution in [2.45, 2.75) is 26.4 Å². The number of carbonyl (C=O) groups excluding carboxylic acids is 1. The number of carbonyl (C=O) groups is 1. The zero-order chi connectivity index (χ0) is 14.5. The maximum absolute atomic E-state index is 12.0. The van der Waals surface area contributed by atoms with Gasteiger partial charge in [0.25, 0.3) is 5.91 Å². The number of benzene rings is 1. The molecule has 20 heavy (non-hydrogen) atoms. The van der Waals surface area contributed by atoms with Crippen molar-refractivity contribution in [2.24, 2.45) is 0 Å². The fraction of sp³-hybridized carbons (Fsp3) is 0.308. The van der Waals surface area contributed by atoms with Crippen LogP contribution < -0.4 is 10.1 Å². The number of hydrogen-bond donors (Lipinski definition) is 1. The van der Waals surface area contributed by atoms with Gasteiger partial charge in [-0.05, 0) is 31.5 Å². The van der Waals surface area contributed by atoms with Gasteiger partial charge >= 0.3 is 0 Å². The molecule has 1 amide bonds.